The van der Waals surface area contributed by atoms with E-state index in [1.54, 1.807) is 0 Å². The second kappa shape index (κ2) is 52.9. The lowest BCUT2D eigenvalue weighted by molar-refractivity contribution is -0.167. The molecule has 6 heteroatoms. The van der Waals surface area contributed by atoms with Gasteiger partial charge in [-0.15, -0.1) is 0 Å². The molecule has 0 bridgehead atoms. The van der Waals surface area contributed by atoms with Crippen molar-refractivity contribution in [2.75, 3.05) is 13.2 Å². The second-order valence-electron chi connectivity index (χ2n) is 17.4. The van der Waals surface area contributed by atoms with E-state index in [0.717, 1.165) is 135 Å². The fourth-order valence-corrected chi connectivity index (χ4v) is 7.06. The van der Waals surface area contributed by atoms with Crippen LogP contribution in [0.5, 0.6) is 0 Å². The Kier molecular flexibility index (Phi) is 50.0. The van der Waals surface area contributed by atoms with Crippen molar-refractivity contribution >= 4 is 17.9 Å². The van der Waals surface area contributed by atoms with Crippen LogP contribution in [0.1, 0.15) is 239 Å². The molecule has 0 N–H and O–H groups in total. The fourth-order valence-electron chi connectivity index (χ4n) is 7.06. The van der Waals surface area contributed by atoms with Crippen LogP contribution in [0.2, 0.25) is 0 Å². The van der Waals surface area contributed by atoms with Crippen molar-refractivity contribution < 1.29 is 28.6 Å². The molecule has 0 aliphatic heterocycles. The van der Waals surface area contributed by atoms with Crippen LogP contribution in [0.3, 0.4) is 0 Å². The first-order valence-electron chi connectivity index (χ1n) is 26.7. The number of unbranched alkanes of at least 4 members (excludes halogenated alkanes) is 20. The van der Waals surface area contributed by atoms with Crippen LogP contribution < -0.4 is 0 Å². The van der Waals surface area contributed by atoms with Gasteiger partial charge in [0.2, 0.25) is 0 Å². The summed E-state index contributed by atoms with van der Waals surface area (Å²) in [6.07, 6.45) is 69.9. The molecule has 0 aromatic rings. The molecule has 0 saturated carbocycles. The van der Waals surface area contributed by atoms with E-state index in [0.29, 0.717) is 19.3 Å². The molecule has 6 nitrogen and oxygen atoms in total. The van der Waals surface area contributed by atoms with Crippen molar-refractivity contribution in [3.63, 3.8) is 0 Å². The third-order valence-corrected chi connectivity index (χ3v) is 11.1. The number of hydrogen-bond donors (Lipinski definition) is 0. The molecule has 0 rings (SSSR count). The first kappa shape index (κ1) is 61.3. The number of rotatable bonds is 47. The van der Waals surface area contributed by atoms with E-state index in [4.69, 9.17) is 14.2 Å². The molecule has 0 fully saturated rings. The van der Waals surface area contributed by atoms with Crippen molar-refractivity contribution in [1.82, 2.24) is 0 Å². The molecular formula is C59H98O6. The molecule has 370 valence electrons. The second-order valence-corrected chi connectivity index (χ2v) is 17.4. The Morgan fingerprint density at radius 1 is 0.323 bits per heavy atom. The largest absolute Gasteiger partial charge is 0.462 e. The number of ether oxygens (including phenoxy) is 3. The molecule has 0 aromatic carbocycles. The van der Waals surface area contributed by atoms with Crippen LogP contribution in [-0.2, 0) is 28.6 Å². The maximum Gasteiger partial charge on any atom is 0.306 e. The standard InChI is InChI=1S/C59H98O6/c1-4-7-10-13-16-18-20-22-24-25-26-27-28-29-30-31-32-33-34-35-36-38-39-41-43-46-49-52-58(61)64-55-56(54-63-57(60)51-48-45-15-12-9-6-3)65-59(62)53-50-47-44-42-40-37-23-21-19-17-14-11-8-5-2/h7,10,16,18,21-24,26-27,29-30,32-33,35-36,56H,4-6,8-9,11-15,17,19-20,25,28,31,34,37-55H2,1-3H3/b10-7-,18-16-,23-21-,24-22-,27-26-,30-29-,33-32-,36-35-. The predicted octanol–water partition coefficient (Wildman–Crippen LogP) is 17.8. The van der Waals surface area contributed by atoms with Crippen LogP contribution in [-0.4, -0.2) is 37.2 Å². The van der Waals surface area contributed by atoms with Crippen LogP contribution in [0.25, 0.3) is 0 Å². The zero-order valence-corrected chi connectivity index (χ0v) is 42.2. The Morgan fingerprint density at radius 2 is 0.600 bits per heavy atom. The summed E-state index contributed by atoms with van der Waals surface area (Å²) in [6, 6.07) is 0. The van der Waals surface area contributed by atoms with E-state index in [1.807, 2.05) is 0 Å². The van der Waals surface area contributed by atoms with Gasteiger partial charge in [-0.25, -0.2) is 0 Å². The van der Waals surface area contributed by atoms with Gasteiger partial charge < -0.3 is 14.2 Å². The third kappa shape index (κ3) is 51.2. The summed E-state index contributed by atoms with van der Waals surface area (Å²) in [5.41, 5.74) is 0. The number of carbonyl (C=O) groups is 3. The van der Waals surface area contributed by atoms with E-state index in [-0.39, 0.29) is 31.1 Å². The molecule has 0 aliphatic rings. The van der Waals surface area contributed by atoms with Crippen LogP contribution in [0.4, 0.5) is 0 Å². The molecule has 0 amide bonds. The minimum absolute atomic E-state index is 0.0875. The third-order valence-electron chi connectivity index (χ3n) is 11.1. The van der Waals surface area contributed by atoms with E-state index in [2.05, 4.69) is 118 Å². The summed E-state index contributed by atoms with van der Waals surface area (Å²) < 4.78 is 16.7. The van der Waals surface area contributed by atoms with Crippen molar-refractivity contribution in [3.8, 4) is 0 Å². The van der Waals surface area contributed by atoms with Crippen LogP contribution in [0.15, 0.2) is 97.2 Å². The first-order chi connectivity index (χ1) is 32.0. The molecule has 0 saturated heterocycles. The molecule has 0 aliphatic carbocycles. The van der Waals surface area contributed by atoms with Crippen molar-refractivity contribution in [1.29, 1.82) is 0 Å². The molecule has 1 atom stereocenters. The highest BCUT2D eigenvalue weighted by atomic mass is 16.6. The molecule has 1 unspecified atom stereocenters. The van der Waals surface area contributed by atoms with Gasteiger partial charge in [0.05, 0.1) is 0 Å². The highest BCUT2D eigenvalue weighted by Gasteiger charge is 2.19. The minimum atomic E-state index is -0.786. The van der Waals surface area contributed by atoms with Gasteiger partial charge in [-0.3, -0.25) is 14.4 Å². The Balaban J connectivity index is 4.22. The normalized spacial score (nSPS) is 12.8. The number of carbonyl (C=O) groups excluding carboxylic acids is 3. The fraction of sp³-hybridized carbons (Fsp3) is 0.678. The Morgan fingerprint density at radius 3 is 0.954 bits per heavy atom. The maximum absolute atomic E-state index is 12.7. The monoisotopic (exact) mass is 903 g/mol. The average molecular weight is 903 g/mol. The lowest BCUT2D eigenvalue weighted by Crippen LogP contribution is -2.30. The zero-order chi connectivity index (χ0) is 47.2. The lowest BCUT2D eigenvalue weighted by Gasteiger charge is -2.18. The van der Waals surface area contributed by atoms with Gasteiger partial charge in [0.15, 0.2) is 6.10 Å². The van der Waals surface area contributed by atoms with Crippen LogP contribution in [0, 0.1) is 0 Å². The molecule has 65 heavy (non-hydrogen) atoms. The van der Waals surface area contributed by atoms with Gasteiger partial charge >= 0.3 is 17.9 Å². The van der Waals surface area contributed by atoms with Gasteiger partial charge in [-0.1, -0.05) is 214 Å². The summed E-state index contributed by atoms with van der Waals surface area (Å²) in [4.78, 5) is 37.7. The number of allylic oxidation sites excluding steroid dienone is 16. The SMILES string of the molecule is CC/C=C\C/C=C\C/C=C\C/C=C\C/C=C\C/C=C\C/C=C\CCCCCCCC(=O)OCC(COC(=O)CCCCCCCC)OC(=O)CCCCCCC/C=C\CCCCCCC. The summed E-state index contributed by atoms with van der Waals surface area (Å²) in [7, 11) is 0. The maximum atomic E-state index is 12.7. The van der Waals surface area contributed by atoms with Crippen molar-refractivity contribution in [3.05, 3.63) is 97.2 Å². The topological polar surface area (TPSA) is 78.9 Å². The minimum Gasteiger partial charge on any atom is -0.462 e. The molecular weight excluding hydrogens is 805 g/mol. The van der Waals surface area contributed by atoms with Gasteiger partial charge in [0, 0.05) is 19.3 Å². The summed E-state index contributed by atoms with van der Waals surface area (Å²) in [6.45, 7) is 6.42. The Labute approximate surface area is 400 Å². The van der Waals surface area contributed by atoms with Gasteiger partial charge in [0.25, 0.3) is 0 Å². The molecule has 0 aromatic heterocycles. The smallest absolute Gasteiger partial charge is 0.306 e. The highest BCUT2D eigenvalue weighted by molar-refractivity contribution is 5.71. The van der Waals surface area contributed by atoms with Gasteiger partial charge in [0.1, 0.15) is 13.2 Å². The summed E-state index contributed by atoms with van der Waals surface area (Å²) in [5, 5.41) is 0. The zero-order valence-electron chi connectivity index (χ0n) is 42.2. The van der Waals surface area contributed by atoms with E-state index >= 15 is 0 Å². The highest BCUT2D eigenvalue weighted by Crippen LogP contribution is 2.13. The number of hydrogen-bond acceptors (Lipinski definition) is 6. The summed E-state index contributed by atoms with van der Waals surface area (Å²) in [5.74, 6) is -0.929. The molecule has 0 radical (unpaired) electrons. The Hall–Kier alpha value is -3.67. The first-order valence-corrected chi connectivity index (χ1v) is 26.7. The molecule has 0 spiro atoms. The van der Waals surface area contributed by atoms with E-state index in [9.17, 15) is 14.4 Å². The van der Waals surface area contributed by atoms with Crippen molar-refractivity contribution in [2.45, 2.75) is 245 Å². The predicted molar refractivity (Wildman–Crippen MR) is 279 cm³/mol. The lowest BCUT2D eigenvalue weighted by atomic mass is 10.1. The van der Waals surface area contributed by atoms with Gasteiger partial charge in [-0.05, 0) is 103 Å². The molecule has 0 heterocycles. The summed E-state index contributed by atoms with van der Waals surface area (Å²) >= 11 is 0. The van der Waals surface area contributed by atoms with Crippen molar-refractivity contribution in [2.24, 2.45) is 0 Å². The average Bonchev–Trinajstić information content (AvgIpc) is 3.30. The quantitative estimate of drug-likeness (QED) is 0.0262. The van der Waals surface area contributed by atoms with E-state index in [1.165, 1.54) is 64.2 Å². The van der Waals surface area contributed by atoms with Crippen LogP contribution >= 0.6 is 0 Å². The van der Waals surface area contributed by atoms with E-state index < -0.39 is 6.10 Å². The number of esters is 3. The van der Waals surface area contributed by atoms with Gasteiger partial charge in [-0.2, -0.15) is 0 Å². The Bertz CT molecular complexity index is 1310.